The molecule has 0 heterocycles. The molecule has 1 fully saturated rings. The lowest BCUT2D eigenvalue weighted by Gasteiger charge is -2.45. The van der Waals surface area contributed by atoms with Crippen LogP contribution in [0.25, 0.3) is 0 Å². The number of ether oxygens (including phenoxy) is 2. The normalized spacial score (nSPS) is 24.4. The summed E-state index contributed by atoms with van der Waals surface area (Å²) < 4.78 is 80.7. The molecule has 0 saturated heterocycles. The number of esters is 2. The molecule has 1 aliphatic rings. The summed E-state index contributed by atoms with van der Waals surface area (Å²) in [5.41, 5.74) is 0. The van der Waals surface area contributed by atoms with Crippen LogP contribution in [0.4, 0.5) is 0 Å². The van der Waals surface area contributed by atoms with Crippen LogP contribution in [0.15, 0.2) is 0 Å². The van der Waals surface area contributed by atoms with E-state index >= 15 is 0 Å². The van der Waals surface area contributed by atoms with Gasteiger partial charge >= 0.3 is 43.2 Å². The molecule has 6 atom stereocenters. The van der Waals surface area contributed by atoms with Gasteiger partial charge in [0.15, 0.2) is 6.10 Å². The van der Waals surface area contributed by atoms with Crippen molar-refractivity contribution in [2.45, 2.75) is 134 Å². The van der Waals surface area contributed by atoms with Crippen molar-refractivity contribution in [1.29, 1.82) is 0 Å². The van der Waals surface area contributed by atoms with Gasteiger partial charge in [0.1, 0.15) is 43.2 Å². The van der Waals surface area contributed by atoms with Crippen molar-refractivity contribution in [2.75, 3.05) is 13.2 Å². The Morgan fingerprint density at radius 2 is 0.962 bits per heavy atom. The predicted molar refractivity (Wildman–Crippen MR) is 176 cm³/mol. The van der Waals surface area contributed by atoms with Crippen LogP contribution in [-0.2, 0) is 59.9 Å². The van der Waals surface area contributed by atoms with Crippen molar-refractivity contribution < 1.29 is 104 Å². The number of phosphoric acid groups is 4. The highest BCUT2D eigenvalue weighted by atomic mass is 31.2. The van der Waals surface area contributed by atoms with E-state index in [9.17, 15) is 72.3 Å². The maximum atomic E-state index is 13.0. The van der Waals surface area contributed by atoms with E-state index in [0.717, 1.165) is 44.9 Å². The number of carbonyl (C=O) groups excluding carboxylic acids is 2. The molecular weight excluding hydrogens is 790 g/mol. The average Bonchev–Trinajstić information content (AvgIpc) is 2.99. The second-order valence-electron chi connectivity index (χ2n) is 11.6. The zero-order valence-corrected chi connectivity index (χ0v) is 32.3. The third kappa shape index (κ3) is 22.0. The summed E-state index contributed by atoms with van der Waals surface area (Å²) in [6.07, 6.45) is -9.83. The Hall–Kier alpha value is -0.740. The maximum absolute atomic E-state index is 13.0. The number of hydrogen-bond acceptors (Lipinski definition) is 16. The highest BCUT2D eigenvalue weighted by molar-refractivity contribution is 7.47. The van der Waals surface area contributed by atoms with Crippen LogP contribution in [0, 0.1) is 0 Å². The van der Waals surface area contributed by atoms with Gasteiger partial charge in [0.25, 0.3) is 0 Å². The predicted octanol–water partition coefficient (Wildman–Crippen LogP) is 2.00. The fourth-order valence-electron chi connectivity index (χ4n) is 4.84. The van der Waals surface area contributed by atoms with Crippen molar-refractivity contribution in [1.82, 2.24) is 6.15 Å². The molecule has 1 aliphatic carbocycles. The van der Waals surface area contributed by atoms with E-state index in [0.29, 0.717) is 19.3 Å². The summed E-state index contributed by atoms with van der Waals surface area (Å²) in [7, 11) is -22.9. The molecule has 52 heavy (non-hydrogen) atoms. The molecule has 0 radical (unpaired) electrons. The van der Waals surface area contributed by atoms with E-state index in [4.69, 9.17) is 18.5 Å². The number of carbonyl (C=O) groups is 2. The van der Waals surface area contributed by atoms with Gasteiger partial charge in [0, 0.05) is 12.8 Å². The summed E-state index contributed by atoms with van der Waals surface area (Å²) in [6, 6.07) is 0. The molecule has 310 valence electrons. The maximum Gasteiger partial charge on any atom is 0.472 e. The first-order valence-corrected chi connectivity index (χ1v) is 22.2. The number of rotatable bonds is 26. The van der Waals surface area contributed by atoms with Gasteiger partial charge in [-0.2, -0.15) is 0 Å². The minimum Gasteiger partial charge on any atom is -0.462 e. The molecular formula is C25H53NO22P4. The van der Waals surface area contributed by atoms with Crippen molar-refractivity contribution in [3.8, 4) is 0 Å². The molecule has 1 saturated carbocycles. The lowest BCUT2D eigenvalue weighted by molar-refractivity contribution is -0.209. The van der Waals surface area contributed by atoms with Crippen molar-refractivity contribution >= 4 is 43.2 Å². The lowest BCUT2D eigenvalue weighted by atomic mass is 9.85. The monoisotopic (exact) mass is 843 g/mol. The summed E-state index contributed by atoms with van der Waals surface area (Å²) in [6.45, 7) is 2.38. The van der Waals surface area contributed by atoms with Crippen LogP contribution in [0.5, 0.6) is 0 Å². The molecule has 0 amide bonds. The van der Waals surface area contributed by atoms with Gasteiger partial charge in [-0.3, -0.25) is 32.2 Å². The topological polar surface area (TPSA) is 384 Å². The lowest BCUT2D eigenvalue weighted by Crippen LogP contribution is -2.65. The van der Waals surface area contributed by atoms with Crippen LogP contribution in [0.1, 0.15) is 90.9 Å². The van der Waals surface area contributed by atoms with Gasteiger partial charge in [-0.15, -0.1) is 0 Å². The first-order valence-electron chi connectivity index (χ1n) is 16.1. The number of aliphatic hydroxyl groups is 2. The summed E-state index contributed by atoms with van der Waals surface area (Å²) in [5.74, 6) is -1.43. The molecule has 0 aromatic carbocycles. The smallest absolute Gasteiger partial charge is 0.462 e. The molecule has 0 spiro atoms. The third-order valence-electron chi connectivity index (χ3n) is 7.15. The van der Waals surface area contributed by atoms with Crippen LogP contribution >= 0.6 is 31.3 Å². The van der Waals surface area contributed by atoms with E-state index in [1.54, 1.807) is 0 Å². The van der Waals surface area contributed by atoms with E-state index < -0.39 is 99.2 Å². The molecule has 1 rings (SSSR count). The molecule has 23 nitrogen and oxygen atoms in total. The largest absolute Gasteiger partial charge is 0.472 e. The zero-order valence-electron chi connectivity index (χ0n) is 28.8. The van der Waals surface area contributed by atoms with E-state index in [2.05, 4.69) is 13.6 Å². The second-order valence-corrected chi connectivity index (χ2v) is 16.6. The van der Waals surface area contributed by atoms with Crippen molar-refractivity contribution in [3.05, 3.63) is 0 Å². The number of aliphatic hydroxyl groups excluding tert-OH is 2. The Kier molecular flexibility index (Phi) is 23.7. The highest BCUT2D eigenvalue weighted by Crippen LogP contribution is 2.53. The quantitative estimate of drug-likeness (QED) is 0.0338. The first kappa shape index (κ1) is 51.3. The van der Waals surface area contributed by atoms with Crippen LogP contribution in [-0.4, -0.2) is 112 Å². The van der Waals surface area contributed by atoms with Gasteiger partial charge in [0.2, 0.25) is 0 Å². The van der Waals surface area contributed by atoms with Gasteiger partial charge < -0.3 is 60.1 Å². The van der Waals surface area contributed by atoms with Gasteiger partial charge in [-0.25, -0.2) is 18.3 Å². The van der Waals surface area contributed by atoms with Gasteiger partial charge in [0.05, 0.1) is 6.61 Å². The fourth-order valence-corrected chi connectivity index (χ4v) is 7.50. The van der Waals surface area contributed by atoms with Crippen LogP contribution in [0.3, 0.4) is 0 Å². The Morgan fingerprint density at radius 1 is 0.558 bits per heavy atom. The fraction of sp³-hybridized carbons (Fsp3) is 0.920. The molecule has 0 aromatic rings. The summed E-state index contributed by atoms with van der Waals surface area (Å²) in [5, 5.41) is 21.5. The number of hydrogen-bond donors (Lipinski definition) is 10. The van der Waals surface area contributed by atoms with E-state index in [1.807, 2.05) is 13.8 Å². The van der Waals surface area contributed by atoms with Gasteiger partial charge in [-0.05, 0) is 12.8 Å². The summed E-state index contributed by atoms with van der Waals surface area (Å²) in [4.78, 5) is 91.0. The van der Waals surface area contributed by atoms with E-state index in [1.165, 1.54) is 0 Å². The van der Waals surface area contributed by atoms with Gasteiger partial charge in [-0.1, -0.05) is 65.2 Å². The average molecular weight is 844 g/mol. The van der Waals surface area contributed by atoms with Crippen molar-refractivity contribution in [2.24, 2.45) is 0 Å². The molecule has 0 bridgehead atoms. The highest BCUT2D eigenvalue weighted by Gasteiger charge is 2.59. The molecule has 6 unspecified atom stereocenters. The molecule has 12 N–H and O–H groups in total. The minimum atomic E-state index is -5.76. The zero-order chi connectivity index (χ0) is 39.0. The second kappa shape index (κ2) is 24.0. The molecule has 27 heteroatoms. The Balaban J connectivity index is 0.0000260. The standard InChI is InChI=1S/C25H50O22P4.H3N/c1-3-5-7-9-11-13-18(26)41-15-17(43-19(27)14-12-10-8-6-4-2)16-42-51(39,40)47-22-20(28)23(44-48(30,31)32)25(46-50(36,37)38)24(21(22)29)45-49(33,34)35;/h17,20-25,28-29H,3-16H2,1-2H3,(H,39,40)(H2,30,31,32)(H2,33,34,35)(H2,36,37,38);1H3. The molecule has 0 aliphatic heterocycles. The third-order valence-corrected chi connectivity index (χ3v) is 9.69. The minimum absolute atomic E-state index is 0. The van der Waals surface area contributed by atoms with E-state index in [-0.39, 0.29) is 19.0 Å². The number of phosphoric ester groups is 4. The van der Waals surface area contributed by atoms with Crippen molar-refractivity contribution in [3.63, 3.8) is 0 Å². The SMILES string of the molecule is CCCCCCCC(=O)OCC(COP(=O)(O)OC1C(O)C(OP(=O)(O)O)C(OP(=O)(O)O)C(OP(=O)(O)O)C1O)OC(=O)CCCCCCC.N. The van der Waals surface area contributed by atoms with Crippen LogP contribution < -0.4 is 6.15 Å². The Morgan fingerprint density at radius 3 is 1.38 bits per heavy atom. The Bertz CT molecular complexity index is 1220. The first-order chi connectivity index (χ1) is 23.5. The number of unbranched alkanes of at least 4 members (excludes halogenated alkanes) is 8. The van der Waals surface area contributed by atoms with Crippen LogP contribution in [0.2, 0.25) is 0 Å². The Labute approximate surface area is 300 Å². The summed E-state index contributed by atoms with van der Waals surface area (Å²) >= 11 is 0. The molecule has 0 aromatic heterocycles.